The minimum Gasteiger partial charge on any atom is -0.493 e. The second-order valence-corrected chi connectivity index (χ2v) is 5.31. The number of ether oxygens (including phenoxy) is 2. The highest BCUT2D eigenvalue weighted by molar-refractivity contribution is 6.01. The van der Waals surface area contributed by atoms with Gasteiger partial charge >= 0.3 is 5.97 Å². The zero-order valence-corrected chi connectivity index (χ0v) is 14.9. The number of aromatic amines is 1. The topological polar surface area (TPSA) is 148 Å². The summed E-state index contributed by atoms with van der Waals surface area (Å²) in [7, 11) is 3.17. The maximum absolute atomic E-state index is 11.2. The van der Waals surface area contributed by atoms with Gasteiger partial charge in [0.2, 0.25) is 0 Å². The summed E-state index contributed by atoms with van der Waals surface area (Å²) in [4.78, 5) is 27.0. The van der Waals surface area contributed by atoms with Crippen LogP contribution in [0.25, 0.3) is 23.2 Å². The third-order valence-electron chi connectivity index (χ3n) is 3.60. The Labute approximate surface area is 158 Å². The van der Waals surface area contributed by atoms with E-state index in [4.69, 9.17) is 24.8 Å². The predicted octanol–water partition coefficient (Wildman–Crippen LogP) is 3.10. The molecule has 3 rings (SSSR count). The average Bonchev–Trinajstić information content (AvgIpc) is 3.08. The maximum atomic E-state index is 11.2. The second kappa shape index (κ2) is 9.03. The number of fused-ring (bicyclic) bond motifs is 1. The van der Waals surface area contributed by atoms with Crippen LogP contribution in [0.5, 0.6) is 11.5 Å². The van der Waals surface area contributed by atoms with Crippen LogP contribution < -0.4 is 9.47 Å². The highest BCUT2D eigenvalue weighted by Crippen LogP contribution is 2.28. The van der Waals surface area contributed by atoms with Gasteiger partial charge in [0.05, 0.1) is 25.3 Å². The van der Waals surface area contributed by atoms with Gasteiger partial charge in [-0.3, -0.25) is 0 Å². The van der Waals surface area contributed by atoms with E-state index in [2.05, 4.69) is 9.97 Å². The molecule has 0 saturated heterocycles. The summed E-state index contributed by atoms with van der Waals surface area (Å²) in [6.07, 6.45) is 3.65. The van der Waals surface area contributed by atoms with Crippen molar-refractivity contribution < 1.29 is 29.7 Å². The molecule has 146 valence electrons. The van der Waals surface area contributed by atoms with E-state index in [9.17, 15) is 9.90 Å². The maximum Gasteiger partial charge on any atom is 0.337 e. The summed E-state index contributed by atoms with van der Waals surface area (Å²) in [5.41, 5.74) is 2.21. The molecule has 0 aliphatic rings. The first kappa shape index (κ1) is 20.2. The highest BCUT2D eigenvalue weighted by atomic mass is 16.9. The monoisotopic (exact) mass is 387 g/mol. The number of H-pyrrole nitrogens is 1. The zero-order valence-electron chi connectivity index (χ0n) is 14.9. The molecule has 10 nitrogen and oxygen atoms in total. The third kappa shape index (κ3) is 4.97. The molecule has 3 N–H and O–H groups in total. The van der Waals surface area contributed by atoms with Gasteiger partial charge < -0.3 is 24.8 Å². The van der Waals surface area contributed by atoms with Crippen molar-refractivity contribution in [2.24, 2.45) is 0 Å². The van der Waals surface area contributed by atoms with Crippen LogP contribution in [0.2, 0.25) is 0 Å². The predicted molar refractivity (Wildman–Crippen MR) is 100 cm³/mol. The molecule has 0 amide bonds. The van der Waals surface area contributed by atoms with Crippen LogP contribution >= 0.6 is 0 Å². The Balaban J connectivity index is 0.000000640. The van der Waals surface area contributed by atoms with Crippen LogP contribution in [0, 0.1) is 10.1 Å². The Morgan fingerprint density at radius 3 is 2.46 bits per heavy atom. The second-order valence-electron chi connectivity index (χ2n) is 5.31. The number of rotatable bonds is 5. The largest absolute Gasteiger partial charge is 0.493 e. The van der Waals surface area contributed by atoms with Crippen LogP contribution in [0.3, 0.4) is 0 Å². The first-order chi connectivity index (χ1) is 13.3. The average molecular weight is 387 g/mol. The molecule has 0 aliphatic heterocycles. The lowest BCUT2D eigenvalue weighted by Crippen LogP contribution is -1.96. The molecule has 2 aromatic carbocycles. The number of imidazole rings is 1. The van der Waals surface area contributed by atoms with E-state index in [-0.39, 0.29) is 5.56 Å². The minimum absolute atomic E-state index is 0.175. The lowest BCUT2D eigenvalue weighted by Gasteiger charge is -2.07. The van der Waals surface area contributed by atoms with E-state index < -0.39 is 11.1 Å². The highest BCUT2D eigenvalue weighted by Gasteiger charge is 2.11. The summed E-state index contributed by atoms with van der Waals surface area (Å²) in [6, 6.07) is 10.6. The molecule has 0 saturated carbocycles. The van der Waals surface area contributed by atoms with Gasteiger partial charge in [0.25, 0.3) is 5.09 Å². The van der Waals surface area contributed by atoms with E-state index in [0.717, 1.165) is 5.56 Å². The Kier molecular flexibility index (Phi) is 6.53. The molecular weight excluding hydrogens is 370 g/mol. The van der Waals surface area contributed by atoms with Crippen LogP contribution in [0.15, 0.2) is 36.4 Å². The molecule has 28 heavy (non-hydrogen) atoms. The molecule has 0 spiro atoms. The molecule has 0 radical (unpaired) electrons. The van der Waals surface area contributed by atoms with Crippen LogP contribution in [0.1, 0.15) is 21.7 Å². The van der Waals surface area contributed by atoms with E-state index >= 15 is 0 Å². The number of aromatic carboxylic acids is 1. The molecule has 0 unspecified atom stereocenters. The number of nitrogens with zero attached hydrogens (tertiary/aromatic N) is 2. The number of para-hydroxylation sites is 1. The first-order valence-corrected chi connectivity index (χ1v) is 7.81. The van der Waals surface area contributed by atoms with E-state index in [0.29, 0.717) is 28.4 Å². The Hall–Kier alpha value is -4.08. The zero-order chi connectivity index (χ0) is 20.7. The quantitative estimate of drug-likeness (QED) is 0.447. The molecule has 10 heteroatoms. The van der Waals surface area contributed by atoms with Crippen molar-refractivity contribution in [1.29, 1.82) is 0 Å². The normalized spacial score (nSPS) is 10.4. The lowest BCUT2D eigenvalue weighted by atomic mass is 10.2. The van der Waals surface area contributed by atoms with Crippen LogP contribution in [-0.4, -0.2) is 45.6 Å². The van der Waals surface area contributed by atoms with Gasteiger partial charge in [0.15, 0.2) is 11.5 Å². The number of methoxy groups -OCH3 is 2. The van der Waals surface area contributed by atoms with Gasteiger partial charge in [0, 0.05) is 0 Å². The number of carboxylic acid groups (broad SMARTS) is 1. The van der Waals surface area contributed by atoms with Crippen molar-refractivity contribution in [3.05, 3.63) is 63.5 Å². The fourth-order valence-electron chi connectivity index (χ4n) is 2.43. The Bertz CT molecular complexity index is 1020. The van der Waals surface area contributed by atoms with Crippen molar-refractivity contribution in [2.45, 2.75) is 0 Å². The summed E-state index contributed by atoms with van der Waals surface area (Å²) in [5.74, 6) is 0.873. The first-order valence-electron chi connectivity index (χ1n) is 7.81. The molecule has 1 aromatic heterocycles. The molecule has 0 aliphatic carbocycles. The van der Waals surface area contributed by atoms with Crippen molar-refractivity contribution in [3.63, 3.8) is 0 Å². The summed E-state index contributed by atoms with van der Waals surface area (Å²) >= 11 is 0. The van der Waals surface area contributed by atoms with Crippen LogP contribution in [0.4, 0.5) is 0 Å². The Morgan fingerprint density at radius 2 is 1.86 bits per heavy atom. The van der Waals surface area contributed by atoms with Gasteiger partial charge in [0.1, 0.15) is 11.3 Å². The van der Waals surface area contributed by atoms with E-state index in [1.165, 1.54) is 6.07 Å². The number of carboxylic acids is 1. The van der Waals surface area contributed by atoms with Gasteiger partial charge in [-0.1, -0.05) is 18.2 Å². The van der Waals surface area contributed by atoms with Gasteiger partial charge in [-0.05, 0) is 35.9 Å². The van der Waals surface area contributed by atoms with Crippen molar-refractivity contribution >= 4 is 29.2 Å². The molecule has 0 bridgehead atoms. The van der Waals surface area contributed by atoms with Crippen molar-refractivity contribution in [1.82, 2.24) is 9.97 Å². The van der Waals surface area contributed by atoms with Crippen molar-refractivity contribution in [3.8, 4) is 11.5 Å². The summed E-state index contributed by atoms with van der Waals surface area (Å²) in [6.45, 7) is 0. The number of hydrogen-bond donors (Lipinski definition) is 3. The number of hydrogen-bond acceptors (Lipinski definition) is 6. The smallest absolute Gasteiger partial charge is 0.337 e. The van der Waals surface area contributed by atoms with Gasteiger partial charge in [-0.2, -0.15) is 0 Å². The molecule has 0 fully saturated rings. The van der Waals surface area contributed by atoms with E-state index in [1.54, 1.807) is 32.4 Å². The third-order valence-corrected chi connectivity index (χ3v) is 3.60. The van der Waals surface area contributed by atoms with Gasteiger partial charge in [-0.25, -0.2) is 9.78 Å². The fraction of sp³-hybridized carbons (Fsp3) is 0.111. The van der Waals surface area contributed by atoms with Gasteiger partial charge in [-0.15, -0.1) is 10.1 Å². The molecule has 0 atom stereocenters. The molecule has 1 heterocycles. The fourth-order valence-corrected chi connectivity index (χ4v) is 2.43. The standard InChI is InChI=1S/C18H16N2O4.HNO3/c1-23-14-8-6-11(10-15(14)24-2)7-9-16-19-13-5-3-4-12(18(21)22)17(13)20-16;2-1(3)4/h3-10H,1-2H3,(H,19,20)(H,21,22);(H,2,3,4)/b9-7+;. The lowest BCUT2D eigenvalue weighted by molar-refractivity contribution is -0.742. The SMILES string of the molecule is COc1ccc(/C=C/c2nc3c(C(=O)O)cccc3[nH]2)cc1OC.O=[N+]([O-])O. The minimum atomic E-state index is -1.50. The number of nitrogens with one attached hydrogen (secondary N) is 1. The van der Waals surface area contributed by atoms with Crippen LogP contribution in [-0.2, 0) is 0 Å². The van der Waals surface area contributed by atoms with Crippen molar-refractivity contribution in [2.75, 3.05) is 14.2 Å². The number of aromatic nitrogens is 2. The summed E-state index contributed by atoms with van der Waals surface area (Å²) in [5, 5.41) is 22.8. The number of benzene rings is 2. The molecular formula is C18H17N3O7. The molecule has 3 aromatic rings. The Morgan fingerprint density at radius 1 is 1.18 bits per heavy atom. The number of carbonyl (C=O) groups is 1. The summed E-state index contributed by atoms with van der Waals surface area (Å²) < 4.78 is 10.5. The van der Waals surface area contributed by atoms with E-state index in [1.807, 2.05) is 24.3 Å².